The molecule has 6 nitrogen and oxygen atoms in total. The maximum Gasteiger partial charge on any atom is 0.165 e. The fraction of sp³-hybridized carbons (Fsp3) is 0.389. The summed E-state index contributed by atoms with van der Waals surface area (Å²) in [5, 5.41) is 3.55. The molecule has 1 aliphatic carbocycles. The quantitative estimate of drug-likeness (QED) is 0.797. The molecule has 24 heavy (non-hydrogen) atoms. The van der Waals surface area contributed by atoms with Crippen LogP contribution in [0.2, 0.25) is 0 Å². The second-order valence-electron chi connectivity index (χ2n) is 6.24. The van der Waals surface area contributed by atoms with Gasteiger partial charge in [-0.2, -0.15) is 0 Å². The van der Waals surface area contributed by atoms with E-state index in [1.54, 1.807) is 13.4 Å². The summed E-state index contributed by atoms with van der Waals surface area (Å²) in [7, 11) is 3.65. The summed E-state index contributed by atoms with van der Waals surface area (Å²) in [6.45, 7) is 0. The number of rotatable bonds is 4. The van der Waals surface area contributed by atoms with Gasteiger partial charge < -0.3 is 14.6 Å². The van der Waals surface area contributed by atoms with Crippen LogP contribution in [0.15, 0.2) is 30.6 Å². The van der Waals surface area contributed by atoms with Gasteiger partial charge in [-0.1, -0.05) is 12.8 Å². The minimum atomic E-state index is 0.495. The number of aromatic nitrogens is 4. The third-order valence-electron chi connectivity index (χ3n) is 4.70. The van der Waals surface area contributed by atoms with E-state index in [2.05, 4.69) is 15.3 Å². The Balaban J connectivity index is 1.75. The van der Waals surface area contributed by atoms with Gasteiger partial charge in [0.05, 0.1) is 7.11 Å². The van der Waals surface area contributed by atoms with E-state index in [1.807, 2.05) is 35.9 Å². The highest BCUT2D eigenvalue weighted by molar-refractivity contribution is 5.86. The molecule has 0 atom stereocenters. The van der Waals surface area contributed by atoms with Crippen LogP contribution in [0.25, 0.3) is 22.6 Å². The van der Waals surface area contributed by atoms with Crippen LogP contribution >= 0.6 is 0 Å². The fourth-order valence-electron chi connectivity index (χ4n) is 3.37. The van der Waals surface area contributed by atoms with Crippen LogP contribution in [0.3, 0.4) is 0 Å². The molecule has 0 spiro atoms. The topological polar surface area (TPSA) is 64.9 Å². The first-order valence-corrected chi connectivity index (χ1v) is 8.34. The Morgan fingerprint density at radius 2 is 1.88 bits per heavy atom. The van der Waals surface area contributed by atoms with Crippen molar-refractivity contribution < 1.29 is 4.74 Å². The lowest BCUT2D eigenvalue weighted by Gasteiger charge is -2.12. The number of ether oxygens (including phenoxy) is 1. The molecule has 2 heterocycles. The van der Waals surface area contributed by atoms with E-state index in [1.165, 1.54) is 25.7 Å². The van der Waals surface area contributed by atoms with Gasteiger partial charge in [-0.05, 0) is 37.1 Å². The van der Waals surface area contributed by atoms with Crippen LogP contribution < -0.4 is 10.1 Å². The number of nitrogens with one attached hydrogen (secondary N) is 1. The van der Waals surface area contributed by atoms with Gasteiger partial charge in [0.1, 0.15) is 17.9 Å². The number of aryl methyl sites for hydroxylation is 1. The summed E-state index contributed by atoms with van der Waals surface area (Å²) in [6, 6.07) is 8.40. The van der Waals surface area contributed by atoms with Crippen LogP contribution in [0.5, 0.6) is 5.75 Å². The first-order valence-electron chi connectivity index (χ1n) is 8.34. The smallest absolute Gasteiger partial charge is 0.165 e. The van der Waals surface area contributed by atoms with Gasteiger partial charge in [0.2, 0.25) is 0 Å². The van der Waals surface area contributed by atoms with E-state index in [4.69, 9.17) is 9.72 Å². The molecule has 4 rings (SSSR count). The second-order valence-corrected chi connectivity index (χ2v) is 6.24. The van der Waals surface area contributed by atoms with Crippen molar-refractivity contribution in [2.75, 3.05) is 12.4 Å². The Morgan fingerprint density at radius 3 is 2.58 bits per heavy atom. The lowest BCUT2D eigenvalue weighted by Crippen LogP contribution is -2.15. The predicted octanol–water partition coefficient (Wildman–Crippen LogP) is 3.39. The van der Waals surface area contributed by atoms with Crippen molar-refractivity contribution in [3.8, 4) is 17.1 Å². The zero-order chi connectivity index (χ0) is 16.5. The molecule has 6 heteroatoms. The normalized spacial score (nSPS) is 15.1. The maximum absolute atomic E-state index is 5.23. The Bertz CT molecular complexity index is 850. The number of methoxy groups -OCH3 is 1. The lowest BCUT2D eigenvalue weighted by atomic mass is 10.2. The number of hydrogen-bond donors (Lipinski definition) is 1. The molecule has 2 aromatic heterocycles. The molecule has 0 bridgehead atoms. The van der Waals surface area contributed by atoms with Crippen LogP contribution in [-0.2, 0) is 7.05 Å². The van der Waals surface area contributed by atoms with Crippen molar-refractivity contribution in [2.45, 2.75) is 31.7 Å². The molecule has 0 unspecified atom stereocenters. The molecule has 1 aromatic carbocycles. The Labute approximate surface area is 140 Å². The lowest BCUT2D eigenvalue weighted by molar-refractivity contribution is 0.415. The van der Waals surface area contributed by atoms with Crippen LogP contribution in [0.4, 0.5) is 5.82 Å². The summed E-state index contributed by atoms with van der Waals surface area (Å²) in [4.78, 5) is 13.7. The number of benzene rings is 1. The van der Waals surface area contributed by atoms with Crippen molar-refractivity contribution in [1.82, 2.24) is 19.5 Å². The fourth-order valence-corrected chi connectivity index (χ4v) is 3.37. The molecule has 1 fully saturated rings. The minimum absolute atomic E-state index is 0.495. The molecule has 0 saturated heterocycles. The van der Waals surface area contributed by atoms with E-state index >= 15 is 0 Å². The van der Waals surface area contributed by atoms with Crippen molar-refractivity contribution in [2.24, 2.45) is 7.05 Å². The Kier molecular flexibility index (Phi) is 3.80. The summed E-state index contributed by atoms with van der Waals surface area (Å²) in [5.74, 6) is 2.55. The summed E-state index contributed by atoms with van der Waals surface area (Å²) >= 11 is 0. The van der Waals surface area contributed by atoms with E-state index in [9.17, 15) is 0 Å². The average Bonchev–Trinajstić information content (AvgIpc) is 3.24. The highest BCUT2D eigenvalue weighted by Gasteiger charge is 2.19. The van der Waals surface area contributed by atoms with Gasteiger partial charge in [0, 0.05) is 18.7 Å². The monoisotopic (exact) mass is 323 g/mol. The molecule has 0 radical (unpaired) electrons. The van der Waals surface area contributed by atoms with E-state index in [0.29, 0.717) is 6.04 Å². The highest BCUT2D eigenvalue weighted by atomic mass is 16.5. The standard InChI is InChI=1S/C18H21N5O/c1-23-17(12-7-9-14(24-2)10-8-12)22-15-16(19-11-20-18(15)23)21-13-5-3-4-6-13/h7-11,13H,3-6H2,1-2H3,(H,19,20,21). The number of fused-ring (bicyclic) bond motifs is 1. The largest absolute Gasteiger partial charge is 0.497 e. The first-order chi connectivity index (χ1) is 11.8. The molecular weight excluding hydrogens is 302 g/mol. The second kappa shape index (κ2) is 6.11. The summed E-state index contributed by atoms with van der Waals surface area (Å²) < 4.78 is 7.24. The zero-order valence-corrected chi connectivity index (χ0v) is 14.0. The third kappa shape index (κ3) is 2.58. The maximum atomic E-state index is 5.23. The first kappa shape index (κ1) is 14.9. The summed E-state index contributed by atoms with van der Waals surface area (Å²) in [6.07, 6.45) is 6.57. The van der Waals surface area contributed by atoms with Crippen LogP contribution in [-0.4, -0.2) is 32.7 Å². The van der Waals surface area contributed by atoms with Gasteiger partial charge >= 0.3 is 0 Å². The van der Waals surface area contributed by atoms with E-state index < -0.39 is 0 Å². The van der Waals surface area contributed by atoms with E-state index in [-0.39, 0.29) is 0 Å². The van der Waals surface area contributed by atoms with E-state index in [0.717, 1.165) is 34.1 Å². The SMILES string of the molecule is COc1ccc(-c2nc3c(NC4CCCC4)ncnc3n2C)cc1. The van der Waals surface area contributed by atoms with Gasteiger partial charge in [-0.3, -0.25) is 0 Å². The predicted molar refractivity (Wildman–Crippen MR) is 94.2 cm³/mol. The molecule has 124 valence electrons. The highest BCUT2D eigenvalue weighted by Crippen LogP contribution is 2.29. The number of nitrogens with zero attached hydrogens (tertiary/aromatic N) is 4. The van der Waals surface area contributed by atoms with Crippen molar-refractivity contribution in [3.05, 3.63) is 30.6 Å². The Morgan fingerprint density at radius 1 is 1.12 bits per heavy atom. The molecule has 0 amide bonds. The summed E-state index contributed by atoms with van der Waals surface area (Å²) in [5.41, 5.74) is 2.71. The van der Waals surface area contributed by atoms with Crippen LogP contribution in [0.1, 0.15) is 25.7 Å². The third-order valence-corrected chi connectivity index (χ3v) is 4.70. The number of hydrogen-bond acceptors (Lipinski definition) is 5. The van der Waals surface area contributed by atoms with Gasteiger partial charge in [0.15, 0.2) is 17.0 Å². The minimum Gasteiger partial charge on any atom is -0.497 e. The molecule has 1 aliphatic rings. The zero-order valence-electron chi connectivity index (χ0n) is 14.0. The molecule has 1 saturated carbocycles. The molecular formula is C18H21N5O. The van der Waals surface area contributed by atoms with Gasteiger partial charge in [0.25, 0.3) is 0 Å². The van der Waals surface area contributed by atoms with Crippen molar-refractivity contribution in [1.29, 1.82) is 0 Å². The van der Waals surface area contributed by atoms with Gasteiger partial charge in [-0.15, -0.1) is 0 Å². The number of imidazole rings is 1. The average molecular weight is 323 g/mol. The molecule has 1 N–H and O–H groups in total. The van der Waals surface area contributed by atoms with Crippen LogP contribution in [0, 0.1) is 0 Å². The molecule has 0 aliphatic heterocycles. The molecule has 3 aromatic rings. The Hall–Kier alpha value is -2.63. The van der Waals surface area contributed by atoms with Crippen molar-refractivity contribution in [3.63, 3.8) is 0 Å². The van der Waals surface area contributed by atoms with Gasteiger partial charge in [-0.25, -0.2) is 15.0 Å². The number of anilines is 1. The van der Waals surface area contributed by atoms with Crippen molar-refractivity contribution >= 4 is 17.0 Å².